The van der Waals surface area contributed by atoms with Crippen LogP contribution in [-0.2, 0) is 15.9 Å². The van der Waals surface area contributed by atoms with Crippen LogP contribution >= 0.6 is 0 Å². The third kappa shape index (κ3) is 3.99. The van der Waals surface area contributed by atoms with E-state index in [0.717, 1.165) is 42.3 Å². The lowest BCUT2D eigenvalue weighted by Crippen LogP contribution is -2.60. The first-order valence-corrected chi connectivity index (χ1v) is 9.78. The molecule has 0 aromatic carbocycles. The summed E-state index contributed by atoms with van der Waals surface area (Å²) in [6.45, 7) is 8.41. The molecule has 4 heterocycles. The summed E-state index contributed by atoms with van der Waals surface area (Å²) >= 11 is 0. The van der Waals surface area contributed by atoms with Crippen LogP contribution in [0.2, 0.25) is 0 Å². The van der Waals surface area contributed by atoms with Gasteiger partial charge in [-0.3, -0.25) is 14.8 Å². The monoisotopic (exact) mass is 388 g/mol. The van der Waals surface area contributed by atoms with Gasteiger partial charge in [0.1, 0.15) is 5.76 Å². The van der Waals surface area contributed by atoms with Gasteiger partial charge in [-0.1, -0.05) is 0 Å². The van der Waals surface area contributed by atoms with Crippen molar-refractivity contribution in [1.82, 2.24) is 20.0 Å². The highest BCUT2D eigenvalue weighted by molar-refractivity contribution is 5.91. The number of nitrogens with one attached hydrogen (secondary N) is 1. The number of amides is 1. The number of aryl methyl sites for hydroxylation is 2. The van der Waals surface area contributed by atoms with Gasteiger partial charge in [0.05, 0.1) is 24.5 Å². The Morgan fingerprint density at radius 3 is 2.64 bits per heavy atom. The van der Waals surface area contributed by atoms with Crippen molar-refractivity contribution in [1.29, 1.82) is 0 Å². The van der Waals surface area contributed by atoms with Crippen molar-refractivity contribution < 1.29 is 18.7 Å². The van der Waals surface area contributed by atoms with Crippen LogP contribution in [0.3, 0.4) is 0 Å². The quantitative estimate of drug-likeness (QED) is 0.805. The molecule has 8 heteroatoms. The van der Waals surface area contributed by atoms with Crippen molar-refractivity contribution in [2.45, 2.75) is 32.5 Å². The fraction of sp³-hybridized carbons (Fsp3) is 0.600. The van der Waals surface area contributed by atoms with Crippen LogP contribution in [-0.4, -0.2) is 84.6 Å². The van der Waals surface area contributed by atoms with E-state index < -0.39 is 0 Å². The second-order valence-electron chi connectivity index (χ2n) is 7.70. The SMILES string of the molecule is COCCN1C[C@@H]2CN(C(=O)c3ccc(Cc4c(C)n[nH]c4C)o3)C[C@H](C1)O2. The Labute approximate surface area is 164 Å². The second kappa shape index (κ2) is 8.06. The maximum Gasteiger partial charge on any atom is 0.289 e. The van der Waals surface area contributed by atoms with Gasteiger partial charge < -0.3 is 18.8 Å². The molecule has 2 aromatic rings. The molecule has 1 N–H and O–H groups in total. The van der Waals surface area contributed by atoms with E-state index in [4.69, 9.17) is 13.9 Å². The lowest BCUT2D eigenvalue weighted by atomic mass is 10.1. The lowest BCUT2D eigenvalue weighted by molar-refractivity contribution is -0.132. The van der Waals surface area contributed by atoms with Crippen molar-refractivity contribution in [2.75, 3.05) is 46.4 Å². The van der Waals surface area contributed by atoms with Crippen LogP contribution < -0.4 is 0 Å². The van der Waals surface area contributed by atoms with E-state index in [-0.39, 0.29) is 18.1 Å². The Morgan fingerprint density at radius 1 is 1.25 bits per heavy atom. The second-order valence-corrected chi connectivity index (χ2v) is 7.70. The summed E-state index contributed by atoms with van der Waals surface area (Å²) in [4.78, 5) is 17.2. The number of aromatic amines is 1. The van der Waals surface area contributed by atoms with Crippen molar-refractivity contribution in [3.05, 3.63) is 40.6 Å². The van der Waals surface area contributed by atoms with Gasteiger partial charge in [0, 0.05) is 57.5 Å². The number of hydrogen-bond donors (Lipinski definition) is 1. The van der Waals surface area contributed by atoms with Gasteiger partial charge >= 0.3 is 0 Å². The first kappa shape index (κ1) is 19.2. The molecule has 2 atom stereocenters. The number of rotatable bonds is 6. The fourth-order valence-electron chi connectivity index (χ4n) is 4.10. The first-order chi connectivity index (χ1) is 13.5. The zero-order valence-electron chi connectivity index (χ0n) is 16.7. The summed E-state index contributed by atoms with van der Waals surface area (Å²) in [6.07, 6.45) is 0.711. The average Bonchev–Trinajstić information content (AvgIpc) is 3.27. The maximum absolute atomic E-state index is 13.0. The minimum Gasteiger partial charge on any atom is -0.456 e. The van der Waals surface area contributed by atoms with Crippen molar-refractivity contribution in [3.8, 4) is 0 Å². The number of carbonyl (C=O) groups is 1. The molecular formula is C20H28N4O4. The highest BCUT2D eigenvalue weighted by Crippen LogP contribution is 2.23. The molecule has 2 bridgehead atoms. The molecule has 4 rings (SSSR count). The summed E-state index contributed by atoms with van der Waals surface area (Å²) in [7, 11) is 1.72. The molecule has 152 valence electrons. The molecule has 2 aromatic heterocycles. The normalized spacial score (nSPS) is 22.6. The topological polar surface area (TPSA) is 83.8 Å². The van der Waals surface area contributed by atoms with E-state index in [0.29, 0.717) is 31.9 Å². The highest BCUT2D eigenvalue weighted by atomic mass is 16.5. The van der Waals surface area contributed by atoms with E-state index in [1.54, 1.807) is 13.2 Å². The molecule has 0 radical (unpaired) electrons. The van der Waals surface area contributed by atoms with E-state index in [1.807, 2.05) is 24.8 Å². The van der Waals surface area contributed by atoms with Crippen LogP contribution in [0.4, 0.5) is 0 Å². The van der Waals surface area contributed by atoms with Crippen molar-refractivity contribution >= 4 is 5.91 Å². The predicted octanol–water partition coefficient (Wildman–Crippen LogP) is 1.38. The predicted molar refractivity (Wildman–Crippen MR) is 102 cm³/mol. The van der Waals surface area contributed by atoms with E-state index in [9.17, 15) is 4.79 Å². The zero-order valence-corrected chi connectivity index (χ0v) is 16.7. The molecule has 8 nitrogen and oxygen atoms in total. The number of hydrogen-bond acceptors (Lipinski definition) is 6. The van der Waals surface area contributed by atoms with Crippen LogP contribution in [0, 0.1) is 13.8 Å². The molecule has 0 aliphatic carbocycles. The molecule has 0 unspecified atom stereocenters. The minimum absolute atomic E-state index is 0.0407. The van der Waals surface area contributed by atoms with E-state index >= 15 is 0 Å². The average molecular weight is 388 g/mol. The Bertz CT molecular complexity index is 797. The molecule has 2 fully saturated rings. The molecule has 28 heavy (non-hydrogen) atoms. The summed E-state index contributed by atoms with van der Waals surface area (Å²) in [5, 5.41) is 7.20. The summed E-state index contributed by atoms with van der Waals surface area (Å²) in [5.74, 6) is 1.11. The molecule has 2 aliphatic heterocycles. The van der Waals surface area contributed by atoms with Crippen LogP contribution in [0.25, 0.3) is 0 Å². The van der Waals surface area contributed by atoms with Gasteiger partial charge in [0.2, 0.25) is 0 Å². The Morgan fingerprint density at radius 2 is 2.00 bits per heavy atom. The third-order valence-corrected chi connectivity index (χ3v) is 5.56. The lowest BCUT2D eigenvalue weighted by Gasteiger charge is -2.45. The van der Waals surface area contributed by atoms with Gasteiger partial charge in [-0.05, 0) is 26.0 Å². The molecule has 1 amide bonds. The number of nitrogens with zero attached hydrogens (tertiary/aromatic N) is 3. The first-order valence-electron chi connectivity index (χ1n) is 9.78. The minimum atomic E-state index is -0.0597. The number of morpholine rings is 2. The number of fused-ring (bicyclic) bond motifs is 2. The Hall–Kier alpha value is -2.16. The highest BCUT2D eigenvalue weighted by Gasteiger charge is 2.37. The molecule has 2 saturated heterocycles. The van der Waals surface area contributed by atoms with Gasteiger partial charge in [0.15, 0.2) is 5.76 Å². The van der Waals surface area contributed by atoms with E-state index in [2.05, 4.69) is 15.1 Å². The Balaban J connectivity index is 1.39. The van der Waals surface area contributed by atoms with Crippen LogP contribution in [0.5, 0.6) is 0 Å². The summed E-state index contributed by atoms with van der Waals surface area (Å²) in [5.41, 5.74) is 3.10. The number of methoxy groups -OCH3 is 1. The molecule has 0 saturated carbocycles. The molecular weight excluding hydrogens is 360 g/mol. The van der Waals surface area contributed by atoms with Gasteiger partial charge in [-0.2, -0.15) is 5.10 Å². The van der Waals surface area contributed by atoms with E-state index in [1.165, 1.54) is 0 Å². The van der Waals surface area contributed by atoms with Crippen LogP contribution in [0.15, 0.2) is 16.5 Å². The van der Waals surface area contributed by atoms with Gasteiger partial charge in [-0.25, -0.2) is 0 Å². The molecule has 2 aliphatic rings. The Kier molecular flexibility index (Phi) is 5.52. The number of ether oxygens (including phenoxy) is 2. The van der Waals surface area contributed by atoms with Crippen LogP contribution in [0.1, 0.15) is 33.3 Å². The number of aromatic nitrogens is 2. The largest absolute Gasteiger partial charge is 0.456 e. The van der Waals surface area contributed by atoms with Crippen molar-refractivity contribution in [3.63, 3.8) is 0 Å². The summed E-state index contributed by atoms with van der Waals surface area (Å²) < 4.78 is 17.1. The number of H-pyrrole nitrogens is 1. The van der Waals surface area contributed by atoms with Crippen molar-refractivity contribution in [2.24, 2.45) is 0 Å². The van der Waals surface area contributed by atoms with Gasteiger partial charge in [0.25, 0.3) is 5.91 Å². The number of carbonyl (C=O) groups excluding carboxylic acids is 1. The maximum atomic E-state index is 13.0. The zero-order chi connectivity index (χ0) is 19.7. The van der Waals surface area contributed by atoms with Gasteiger partial charge in [-0.15, -0.1) is 0 Å². The standard InChI is InChI=1S/C20H28N4O4/c1-13-18(14(2)22-21-13)8-15-4-5-19(28-15)20(25)24-11-16-9-23(6-7-26-3)10-17(12-24)27-16/h4-5,16-17H,6-12H2,1-3H3,(H,21,22)/t16-,17+. The smallest absolute Gasteiger partial charge is 0.289 e. The molecule has 0 spiro atoms. The third-order valence-electron chi connectivity index (χ3n) is 5.56. The summed E-state index contributed by atoms with van der Waals surface area (Å²) in [6, 6.07) is 3.66. The number of furan rings is 1. The fourth-order valence-corrected chi connectivity index (χ4v) is 4.10.